The van der Waals surface area contributed by atoms with Crippen LogP contribution in [0.4, 0.5) is 0 Å². The Kier molecular flexibility index (Phi) is 22.3. The van der Waals surface area contributed by atoms with Gasteiger partial charge in [0.15, 0.2) is 0 Å². The largest absolute Gasteiger partial charge is 0.343 e. The Hall–Kier alpha value is -1.09. The summed E-state index contributed by atoms with van der Waals surface area (Å²) in [6.07, 6.45) is 28.8. The number of unbranched alkanes of at least 4 members (excludes halogenated alkanes) is 11. The number of carbonyl (C=O) groups excluding carboxylic acids is 1. The van der Waals surface area contributed by atoms with Gasteiger partial charge in [-0.3, -0.25) is 4.79 Å². The number of carbonyl (C=O) groups is 1. The van der Waals surface area contributed by atoms with E-state index in [9.17, 15) is 4.79 Å². The SMILES string of the molecule is CCCCC/C=C\C/C=C\CCCCCCCCCCN(CCC)C(=O)CCN. The fraction of sp³-hybridized carbons (Fsp3) is 0.808. The molecule has 0 aromatic rings. The third kappa shape index (κ3) is 20.0. The lowest BCUT2D eigenvalue weighted by atomic mass is 10.1. The molecule has 0 atom stereocenters. The molecule has 0 unspecified atom stereocenters. The van der Waals surface area contributed by atoms with Crippen molar-refractivity contribution in [1.29, 1.82) is 0 Å². The maximum absolute atomic E-state index is 12.0. The first-order valence-corrected chi connectivity index (χ1v) is 12.5. The van der Waals surface area contributed by atoms with Crippen LogP contribution in [0.2, 0.25) is 0 Å². The summed E-state index contributed by atoms with van der Waals surface area (Å²) in [5.74, 6) is 0.228. The Labute approximate surface area is 182 Å². The molecule has 3 heteroatoms. The Morgan fingerprint density at radius 3 is 1.79 bits per heavy atom. The minimum absolute atomic E-state index is 0.228. The molecule has 0 spiro atoms. The van der Waals surface area contributed by atoms with Crippen LogP contribution in [0.25, 0.3) is 0 Å². The van der Waals surface area contributed by atoms with E-state index in [-0.39, 0.29) is 5.91 Å². The average Bonchev–Trinajstić information content (AvgIpc) is 2.72. The van der Waals surface area contributed by atoms with Gasteiger partial charge in [-0.2, -0.15) is 0 Å². The average molecular weight is 407 g/mol. The van der Waals surface area contributed by atoms with Gasteiger partial charge in [-0.05, 0) is 44.9 Å². The smallest absolute Gasteiger partial charge is 0.223 e. The number of nitrogens with zero attached hydrogens (tertiary/aromatic N) is 1. The molecule has 0 saturated carbocycles. The molecular weight excluding hydrogens is 356 g/mol. The van der Waals surface area contributed by atoms with E-state index in [1.807, 2.05) is 4.90 Å². The summed E-state index contributed by atoms with van der Waals surface area (Å²) in [5.41, 5.74) is 5.51. The lowest BCUT2D eigenvalue weighted by Gasteiger charge is -2.21. The summed E-state index contributed by atoms with van der Waals surface area (Å²) in [5, 5.41) is 0. The first kappa shape index (κ1) is 27.9. The van der Waals surface area contributed by atoms with Crippen molar-refractivity contribution in [2.24, 2.45) is 5.73 Å². The standard InChI is InChI=1S/C26H50N2O/c1-3-5-6-7-8-9-10-11-12-13-14-15-16-17-18-19-20-21-25-28(24-4-2)26(29)22-23-27/h8-9,11-12H,3-7,10,13-25,27H2,1-2H3/b9-8-,12-11-. The molecule has 1 amide bonds. The molecule has 0 bridgehead atoms. The van der Waals surface area contributed by atoms with Crippen molar-refractivity contribution in [2.75, 3.05) is 19.6 Å². The molecule has 0 saturated heterocycles. The molecule has 29 heavy (non-hydrogen) atoms. The minimum atomic E-state index is 0.228. The van der Waals surface area contributed by atoms with Crippen LogP contribution in [0.1, 0.15) is 117 Å². The van der Waals surface area contributed by atoms with Crippen molar-refractivity contribution in [2.45, 2.75) is 117 Å². The van der Waals surface area contributed by atoms with E-state index in [1.165, 1.54) is 77.0 Å². The van der Waals surface area contributed by atoms with Crippen LogP contribution in [0.3, 0.4) is 0 Å². The molecule has 0 aliphatic rings. The highest BCUT2D eigenvalue weighted by atomic mass is 16.2. The van der Waals surface area contributed by atoms with E-state index in [4.69, 9.17) is 5.73 Å². The van der Waals surface area contributed by atoms with E-state index in [0.29, 0.717) is 13.0 Å². The van der Waals surface area contributed by atoms with Crippen LogP contribution in [-0.4, -0.2) is 30.4 Å². The van der Waals surface area contributed by atoms with Crippen LogP contribution in [0.15, 0.2) is 24.3 Å². The minimum Gasteiger partial charge on any atom is -0.343 e. The van der Waals surface area contributed by atoms with E-state index < -0.39 is 0 Å². The van der Waals surface area contributed by atoms with Crippen molar-refractivity contribution in [3.05, 3.63) is 24.3 Å². The van der Waals surface area contributed by atoms with Crippen LogP contribution in [-0.2, 0) is 4.79 Å². The molecule has 0 aromatic heterocycles. The van der Waals surface area contributed by atoms with E-state index in [0.717, 1.165) is 32.4 Å². The molecule has 0 heterocycles. The van der Waals surface area contributed by atoms with Crippen LogP contribution in [0.5, 0.6) is 0 Å². The molecule has 0 aromatic carbocycles. The summed E-state index contributed by atoms with van der Waals surface area (Å²) in [7, 11) is 0. The highest BCUT2D eigenvalue weighted by molar-refractivity contribution is 5.76. The molecule has 3 nitrogen and oxygen atoms in total. The summed E-state index contributed by atoms with van der Waals surface area (Å²) in [4.78, 5) is 14.0. The first-order chi connectivity index (χ1) is 14.3. The van der Waals surface area contributed by atoms with E-state index in [2.05, 4.69) is 38.2 Å². The number of rotatable bonds is 21. The quantitative estimate of drug-likeness (QED) is 0.162. The Morgan fingerprint density at radius 1 is 0.690 bits per heavy atom. The van der Waals surface area contributed by atoms with Gasteiger partial charge in [0.1, 0.15) is 0 Å². The fourth-order valence-electron chi connectivity index (χ4n) is 3.56. The highest BCUT2D eigenvalue weighted by Crippen LogP contribution is 2.11. The number of hydrogen-bond acceptors (Lipinski definition) is 2. The zero-order valence-electron chi connectivity index (χ0n) is 19.7. The Balaban J connectivity index is 3.42. The number of hydrogen-bond donors (Lipinski definition) is 1. The Morgan fingerprint density at radius 2 is 1.24 bits per heavy atom. The van der Waals surface area contributed by atoms with Gasteiger partial charge in [0.05, 0.1) is 0 Å². The van der Waals surface area contributed by atoms with Crippen molar-refractivity contribution in [1.82, 2.24) is 4.90 Å². The fourth-order valence-corrected chi connectivity index (χ4v) is 3.56. The van der Waals surface area contributed by atoms with Crippen molar-refractivity contribution < 1.29 is 4.79 Å². The predicted molar refractivity (Wildman–Crippen MR) is 129 cm³/mol. The van der Waals surface area contributed by atoms with Gasteiger partial charge in [-0.1, -0.05) is 89.5 Å². The second-order valence-electron chi connectivity index (χ2n) is 8.21. The molecule has 0 aliphatic heterocycles. The second kappa shape index (κ2) is 23.2. The maximum atomic E-state index is 12.0. The van der Waals surface area contributed by atoms with Gasteiger partial charge >= 0.3 is 0 Å². The topological polar surface area (TPSA) is 46.3 Å². The molecule has 0 fully saturated rings. The van der Waals surface area contributed by atoms with Gasteiger partial charge in [0.25, 0.3) is 0 Å². The second-order valence-corrected chi connectivity index (χ2v) is 8.21. The summed E-state index contributed by atoms with van der Waals surface area (Å²) in [6, 6.07) is 0. The molecule has 0 radical (unpaired) electrons. The lowest BCUT2D eigenvalue weighted by molar-refractivity contribution is -0.131. The summed E-state index contributed by atoms with van der Waals surface area (Å²) in [6.45, 7) is 6.64. The van der Waals surface area contributed by atoms with Gasteiger partial charge < -0.3 is 10.6 Å². The van der Waals surface area contributed by atoms with Crippen molar-refractivity contribution in [3.63, 3.8) is 0 Å². The summed E-state index contributed by atoms with van der Waals surface area (Å²) >= 11 is 0. The van der Waals surface area contributed by atoms with Crippen LogP contribution in [0, 0.1) is 0 Å². The third-order valence-corrected chi connectivity index (χ3v) is 5.33. The van der Waals surface area contributed by atoms with Gasteiger partial charge in [-0.15, -0.1) is 0 Å². The number of amides is 1. The monoisotopic (exact) mass is 406 g/mol. The predicted octanol–water partition coefficient (Wildman–Crippen LogP) is 7.17. The molecule has 170 valence electrons. The lowest BCUT2D eigenvalue weighted by Crippen LogP contribution is -2.33. The Bertz CT molecular complexity index is 404. The normalized spacial score (nSPS) is 11.7. The highest BCUT2D eigenvalue weighted by Gasteiger charge is 2.10. The zero-order chi connectivity index (χ0) is 21.4. The van der Waals surface area contributed by atoms with Crippen LogP contribution >= 0.6 is 0 Å². The molecule has 0 aliphatic carbocycles. The van der Waals surface area contributed by atoms with Crippen molar-refractivity contribution in [3.8, 4) is 0 Å². The van der Waals surface area contributed by atoms with Gasteiger partial charge in [-0.25, -0.2) is 0 Å². The summed E-state index contributed by atoms with van der Waals surface area (Å²) < 4.78 is 0. The number of allylic oxidation sites excluding steroid dienone is 4. The van der Waals surface area contributed by atoms with Gasteiger partial charge in [0, 0.05) is 26.1 Å². The van der Waals surface area contributed by atoms with Crippen molar-refractivity contribution >= 4 is 5.91 Å². The number of nitrogens with two attached hydrogens (primary N) is 1. The van der Waals surface area contributed by atoms with E-state index in [1.54, 1.807) is 0 Å². The van der Waals surface area contributed by atoms with Gasteiger partial charge in [0.2, 0.25) is 5.91 Å². The zero-order valence-corrected chi connectivity index (χ0v) is 19.7. The molecule has 2 N–H and O–H groups in total. The van der Waals surface area contributed by atoms with E-state index >= 15 is 0 Å². The molecule has 0 rings (SSSR count). The first-order valence-electron chi connectivity index (χ1n) is 12.5. The maximum Gasteiger partial charge on any atom is 0.223 e. The van der Waals surface area contributed by atoms with Crippen LogP contribution < -0.4 is 5.73 Å². The molecular formula is C26H50N2O. The third-order valence-electron chi connectivity index (χ3n) is 5.33.